The Bertz CT molecular complexity index is 1240. The van der Waals surface area contributed by atoms with Crippen molar-refractivity contribution in [2.75, 3.05) is 4.72 Å². The summed E-state index contributed by atoms with van der Waals surface area (Å²) < 4.78 is 64.1. The van der Waals surface area contributed by atoms with Crippen LogP contribution in [-0.2, 0) is 10.0 Å². The lowest BCUT2D eigenvalue weighted by Crippen LogP contribution is -2.15. The highest BCUT2D eigenvalue weighted by atomic mass is 32.2. The number of halogens is 2. The molecule has 0 aliphatic rings. The predicted octanol–water partition coefficient (Wildman–Crippen LogP) is 4.04. The van der Waals surface area contributed by atoms with E-state index < -0.39 is 21.7 Å². The van der Waals surface area contributed by atoms with Gasteiger partial charge in [0.05, 0.1) is 17.4 Å². The summed E-state index contributed by atoms with van der Waals surface area (Å²) in [5.41, 5.74) is 0.676. The minimum Gasteiger partial charge on any atom is -0.277 e. The molecule has 1 aromatic heterocycles. The maximum Gasteiger partial charge on any atom is 0.264 e. The fourth-order valence-corrected chi connectivity index (χ4v) is 4.39. The van der Waals surface area contributed by atoms with Crippen molar-refractivity contribution in [3.8, 4) is 11.1 Å². The van der Waals surface area contributed by atoms with Crippen LogP contribution in [0.15, 0.2) is 53.4 Å². The summed E-state index contributed by atoms with van der Waals surface area (Å²) in [7, 11) is -4.17. The van der Waals surface area contributed by atoms with Crippen LogP contribution in [0.5, 0.6) is 0 Å². The first kappa shape index (κ1) is 17.3. The Labute approximate surface area is 157 Å². The van der Waals surface area contributed by atoms with Crippen LogP contribution in [0.2, 0.25) is 0 Å². The molecule has 0 aliphatic carbocycles. The van der Waals surface area contributed by atoms with Gasteiger partial charge in [-0.3, -0.25) is 4.72 Å². The van der Waals surface area contributed by atoms with Gasteiger partial charge >= 0.3 is 0 Å². The van der Waals surface area contributed by atoms with Crippen LogP contribution in [0, 0.1) is 23.8 Å². The first-order chi connectivity index (χ1) is 13.0. The lowest BCUT2D eigenvalue weighted by atomic mass is 10.1. The molecule has 0 spiro atoms. The Morgan fingerprint density at radius 3 is 2.67 bits per heavy atom. The second kappa shape index (κ2) is 6.57. The smallest absolute Gasteiger partial charge is 0.264 e. The first-order valence-corrected chi connectivity index (χ1v) is 9.78. The van der Waals surface area contributed by atoms with E-state index in [1.54, 1.807) is 12.1 Å². The summed E-state index contributed by atoms with van der Waals surface area (Å²) in [6, 6.07) is 16.1. The highest BCUT2D eigenvalue weighted by molar-refractivity contribution is 7.93. The van der Waals surface area contributed by atoms with Gasteiger partial charge in [-0.25, -0.2) is 17.2 Å². The van der Waals surface area contributed by atoms with E-state index in [1.807, 2.05) is 0 Å². The van der Waals surface area contributed by atoms with Gasteiger partial charge in [0, 0.05) is 11.6 Å². The molecule has 3 aromatic carbocycles. The molecule has 0 saturated carbocycles. The second-order valence-corrected chi connectivity index (χ2v) is 7.71. The maximum absolute atomic E-state index is 14.2. The Morgan fingerprint density at radius 1 is 1.04 bits per heavy atom. The van der Waals surface area contributed by atoms with Crippen LogP contribution in [0.4, 0.5) is 14.5 Å². The largest absolute Gasteiger partial charge is 0.277 e. The number of hydrogen-bond acceptors (Lipinski definition) is 5. The fourth-order valence-electron chi connectivity index (χ4n) is 2.56. The summed E-state index contributed by atoms with van der Waals surface area (Å²) >= 11 is 0.872. The van der Waals surface area contributed by atoms with E-state index in [4.69, 9.17) is 0 Å². The van der Waals surface area contributed by atoms with Crippen molar-refractivity contribution < 1.29 is 17.2 Å². The van der Waals surface area contributed by atoms with Gasteiger partial charge in [0.15, 0.2) is 0 Å². The number of sulfonamides is 1. The molecule has 0 amide bonds. The molecule has 5 nitrogen and oxygen atoms in total. The molecule has 0 atom stereocenters. The van der Waals surface area contributed by atoms with Gasteiger partial charge in [-0.1, -0.05) is 18.2 Å². The van der Waals surface area contributed by atoms with Crippen LogP contribution in [0.1, 0.15) is 0 Å². The van der Waals surface area contributed by atoms with Crippen molar-refractivity contribution in [3.05, 3.63) is 72.3 Å². The molecular formula is C18H9F2N3O2S2. The normalized spacial score (nSPS) is 11.3. The number of aromatic nitrogens is 2. The summed E-state index contributed by atoms with van der Waals surface area (Å²) in [6.07, 6.45) is 0. The number of nitrogens with one attached hydrogen (secondary N) is 1. The van der Waals surface area contributed by atoms with E-state index in [0.717, 1.165) is 17.8 Å². The van der Waals surface area contributed by atoms with Crippen LogP contribution >= 0.6 is 11.7 Å². The zero-order valence-corrected chi connectivity index (χ0v) is 15.0. The van der Waals surface area contributed by atoms with Crippen LogP contribution < -0.4 is 4.72 Å². The molecule has 0 radical (unpaired) electrons. The summed E-state index contributed by atoms with van der Waals surface area (Å²) in [6.45, 7) is 0. The predicted molar refractivity (Wildman–Crippen MR) is 97.7 cm³/mol. The minimum atomic E-state index is -4.17. The molecule has 4 rings (SSSR count). The van der Waals surface area contributed by atoms with Crippen LogP contribution in [-0.4, -0.2) is 17.2 Å². The minimum absolute atomic E-state index is 0.0351. The van der Waals surface area contributed by atoms with E-state index in [-0.39, 0.29) is 21.7 Å². The summed E-state index contributed by atoms with van der Waals surface area (Å²) in [5.74, 6) is -1.85. The number of rotatable bonds is 4. The molecule has 0 unspecified atom stereocenters. The standard InChI is InChI=1S/C18H9F2N3O2S2/c19-13-10-14(20)16(9-12(13)11-5-2-1-3-6-11)23-27(24,25)17-8-4-7-15-18(17)22-26-21-15/h2,4-10,23H. The SMILES string of the molecule is O=S(=O)(Nc1cc(-c2cc#ccc2)c(F)cc1F)c1cccc2nsnc12. The Balaban J connectivity index is 1.79. The van der Waals surface area contributed by atoms with Gasteiger partial charge in [0.2, 0.25) is 0 Å². The molecule has 134 valence electrons. The number of nitrogens with zero attached hydrogens (tertiary/aromatic N) is 2. The van der Waals surface area contributed by atoms with E-state index in [0.29, 0.717) is 17.1 Å². The second-order valence-electron chi connectivity index (χ2n) is 5.53. The van der Waals surface area contributed by atoms with Gasteiger partial charge in [0.1, 0.15) is 27.6 Å². The van der Waals surface area contributed by atoms with E-state index >= 15 is 0 Å². The Hall–Kier alpha value is -3.09. The molecule has 0 saturated heterocycles. The lowest BCUT2D eigenvalue weighted by molar-refractivity contribution is 0.585. The third-order valence-corrected chi connectivity index (χ3v) is 5.75. The van der Waals surface area contributed by atoms with Crippen molar-refractivity contribution in [2.24, 2.45) is 0 Å². The Kier molecular flexibility index (Phi) is 4.22. The maximum atomic E-state index is 14.2. The van der Waals surface area contributed by atoms with Crippen molar-refractivity contribution in [1.82, 2.24) is 8.75 Å². The zero-order chi connectivity index (χ0) is 19.0. The van der Waals surface area contributed by atoms with E-state index in [9.17, 15) is 17.2 Å². The molecule has 27 heavy (non-hydrogen) atoms. The number of hydrogen-bond donors (Lipinski definition) is 1. The number of anilines is 1. The lowest BCUT2D eigenvalue weighted by Gasteiger charge is -2.12. The summed E-state index contributed by atoms with van der Waals surface area (Å²) in [4.78, 5) is -0.137. The number of fused-ring (bicyclic) bond motifs is 1. The van der Waals surface area contributed by atoms with Crippen LogP contribution in [0.3, 0.4) is 0 Å². The molecule has 4 aromatic rings. The van der Waals surface area contributed by atoms with Crippen LogP contribution in [0.25, 0.3) is 22.2 Å². The quantitative estimate of drug-likeness (QED) is 0.560. The van der Waals surface area contributed by atoms with Gasteiger partial charge in [-0.15, -0.1) is 0 Å². The molecule has 1 heterocycles. The van der Waals surface area contributed by atoms with Gasteiger partial charge in [-0.05, 0) is 42.0 Å². The van der Waals surface area contributed by atoms with E-state index in [2.05, 4.69) is 25.6 Å². The topological polar surface area (TPSA) is 72.0 Å². The van der Waals surface area contributed by atoms with Crippen molar-refractivity contribution in [3.63, 3.8) is 0 Å². The number of benzene rings is 2. The average Bonchev–Trinajstić information content (AvgIpc) is 3.13. The third kappa shape index (κ3) is 3.20. The Morgan fingerprint density at radius 2 is 1.89 bits per heavy atom. The van der Waals surface area contributed by atoms with Crippen molar-refractivity contribution >= 4 is 38.5 Å². The average molecular weight is 401 g/mol. The zero-order valence-electron chi connectivity index (χ0n) is 13.4. The molecule has 0 bridgehead atoms. The van der Waals surface area contributed by atoms with E-state index in [1.165, 1.54) is 24.3 Å². The third-order valence-electron chi connectivity index (χ3n) is 3.81. The highest BCUT2D eigenvalue weighted by Crippen LogP contribution is 2.30. The molecule has 1 N–H and O–H groups in total. The van der Waals surface area contributed by atoms with Crippen molar-refractivity contribution in [1.29, 1.82) is 0 Å². The molecule has 0 fully saturated rings. The monoisotopic (exact) mass is 401 g/mol. The fraction of sp³-hybridized carbons (Fsp3) is 0. The highest BCUT2D eigenvalue weighted by Gasteiger charge is 2.22. The van der Waals surface area contributed by atoms with Crippen molar-refractivity contribution in [2.45, 2.75) is 4.90 Å². The summed E-state index contributed by atoms with van der Waals surface area (Å²) in [5, 5.41) is 0. The van der Waals surface area contributed by atoms with Gasteiger partial charge in [-0.2, -0.15) is 8.75 Å². The molecule has 9 heteroatoms. The van der Waals surface area contributed by atoms with Gasteiger partial charge in [0.25, 0.3) is 10.0 Å². The molecule has 0 aliphatic heterocycles. The van der Waals surface area contributed by atoms with Gasteiger partial charge < -0.3 is 0 Å². The molecular weight excluding hydrogens is 392 g/mol. The first-order valence-electron chi connectivity index (χ1n) is 7.57.